The van der Waals surface area contributed by atoms with Gasteiger partial charge >= 0.3 is 0 Å². The third-order valence-electron chi connectivity index (χ3n) is 7.21. The van der Waals surface area contributed by atoms with Crippen molar-refractivity contribution in [3.8, 4) is 5.75 Å². The van der Waals surface area contributed by atoms with E-state index in [2.05, 4.69) is 47.1 Å². The molecule has 4 fully saturated rings. The molecule has 0 saturated carbocycles. The van der Waals surface area contributed by atoms with Gasteiger partial charge in [-0.15, -0.1) is 0 Å². The van der Waals surface area contributed by atoms with Gasteiger partial charge in [0, 0.05) is 44.3 Å². The lowest BCUT2D eigenvalue weighted by Gasteiger charge is -2.34. The molecule has 4 saturated heterocycles. The highest BCUT2D eigenvalue weighted by Gasteiger charge is 2.35. The van der Waals surface area contributed by atoms with Crippen molar-refractivity contribution in [3.63, 3.8) is 0 Å². The van der Waals surface area contributed by atoms with E-state index < -0.39 is 0 Å². The summed E-state index contributed by atoms with van der Waals surface area (Å²) in [6, 6.07) is 8.70. The number of benzene rings is 1. The van der Waals surface area contributed by atoms with Crippen LogP contribution in [0.2, 0.25) is 0 Å². The molecule has 0 N–H and O–H groups in total. The van der Waals surface area contributed by atoms with Crippen molar-refractivity contribution >= 4 is 5.69 Å². The maximum atomic E-state index is 6.04. The van der Waals surface area contributed by atoms with Gasteiger partial charge in [-0.3, -0.25) is 4.90 Å². The molecule has 4 aliphatic heterocycles. The molecular weight excluding hydrogens is 460 g/mol. The normalized spacial score (nSPS) is 31.7. The van der Waals surface area contributed by atoms with Crippen LogP contribution in [0.1, 0.15) is 13.3 Å². The average Bonchev–Trinajstić information content (AvgIpc) is 3.67. The summed E-state index contributed by atoms with van der Waals surface area (Å²) in [5.74, 6) is 2.22. The number of ether oxygens (including phenoxy) is 6. The Kier molecular flexibility index (Phi) is 7.48. The van der Waals surface area contributed by atoms with Crippen molar-refractivity contribution in [1.29, 1.82) is 0 Å². The number of epoxide rings is 4. The summed E-state index contributed by atoms with van der Waals surface area (Å²) in [5.41, 5.74) is 1.19. The maximum Gasteiger partial charge on any atom is 0.119 e. The second-order valence-electron chi connectivity index (χ2n) is 10.5. The average molecular weight is 499 g/mol. The topological polar surface area (TPSA) is 75.1 Å². The first-order valence-corrected chi connectivity index (χ1v) is 13.4. The van der Waals surface area contributed by atoms with Crippen molar-refractivity contribution < 1.29 is 28.4 Å². The largest absolute Gasteiger partial charge is 0.494 e. The number of rotatable bonds is 16. The highest BCUT2D eigenvalue weighted by molar-refractivity contribution is 5.49. The van der Waals surface area contributed by atoms with Gasteiger partial charge in [0.25, 0.3) is 0 Å². The molecule has 0 radical (unpaired) electrons. The third-order valence-corrected chi connectivity index (χ3v) is 7.21. The Bertz CT molecular complexity index is 892. The fourth-order valence-electron chi connectivity index (χ4n) is 4.84. The molecule has 0 spiro atoms. The van der Waals surface area contributed by atoms with Gasteiger partial charge in [0.2, 0.25) is 0 Å². The quantitative estimate of drug-likeness (QED) is 0.254. The first-order chi connectivity index (χ1) is 17.7. The zero-order valence-electron chi connectivity index (χ0n) is 21.1. The second-order valence-corrected chi connectivity index (χ2v) is 10.5. The van der Waals surface area contributed by atoms with Crippen LogP contribution >= 0.6 is 0 Å². The molecular formula is C28H38N2O6. The van der Waals surface area contributed by atoms with Crippen molar-refractivity contribution in [2.75, 3.05) is 70.7 Å². The summed E-state index contributed by atoms with van der Waals surface area (Å²) in [6.45, 7) is 10.8. The van der Waals surface area contributed by atoms with E-state index >= 15 is 0 Å². The van der Waals surface area contributed by atoms with Crippen LogP contribution in [0.3, 0.4) is 0 Å². The molecule has 5 aliphatic rings. The highest BCUT2D eigenvalue weighted by Crippen LogP contribution is 2.27. The predicted molar refractivity (Wildman–Crippen MR) is 135 cm³/mol. The van der Waals surface area contributed by atoms with Crippen LogP contribution in [-0.2, 0) is 23.7 Å². The van der Waals surface area contributed by atoms with Gasteiger partial charge in [0.1, 0.15) is 11.5 Å². The molecule has 6 rings (SSSR count). The van der Waals surface area contributed by atoms with Gasteiger partial charge in [-0.05, 0) is 42.3 Å². The fourth-order valence-corrected chi connectivity index (χ4v) is 4.84. The third kappa shape index (κ3) is 7.23. The smallest absolute Gasteiger partial charge is 0.119 e. The van der Waals surface area contributed by atoms with E-state index in [1.165, 1.54) is 5.69 Å². The molecule has 0 amide bonds. The van der Waals surface area contributed by atoms with E-state index in [1.807, 2.05) is 12.1 Å². The number of hydrogen-bond donors (Lipinski definition) is 0. The maximum absolute atomic E-state index is 6.04. The van der Waals surface area contributed by atoms with E-state index in [1.54, 1.807) is 0 Å². The van der Waals surface area contributed by atoms with Crippen LogP contribution in [0.5, 0.6) is 5.75 Å². The summed E-state index contributed by atoms with van der Waals surface area (Å²) >= 11 is 0. The predicted octanol–water partition coefficient (Wildman–Crippen LogP) is 2.63. The highest BCUT2D eigenvalue weighted by atomic mass is 16.6. The number of allylic oxidation sites excluding steroid dienone is 1. The standard InChI is InChI=1S/C28H38N2O6/c1-20-11-23(7-8-28(20)30(14-26-18-35-26)15-27-19-36-27)32-10-2-9-31-22-5-3-21(4-6-22)29(12-24-16-33-24)13-25-17-34-25/h3-8,11,20,24-28H,2,9-10,12-19H2,1H3. The molecule has 0 bridgehead atoms. The summed E-state index contributed by atoms with van der Waals surface area (Å²) in [6.07, 6.45) is 8.95. The number of hydrogen-bond acceptors (Lipinski definition) is 8. The fraction of sp³-hybridized carbons (Fsp3) is 0.643. The number of anilines is 1. The van der Waals surface area contributed by atoms with Crippen molar-refractivity contribution in [2.24, 2.45) is 5.92 Å². The molecule has 1 aliphatic carbocycles. The Morgan fingerprint density at radius 2 is 1.33 bits per heavy atom. The van der Waals surface area contributed by atoms with Gasteiger partial charge in [-0.25, -0.2) is 0 Å². The lowest BCUT2D eigenvalue weighted by atomic mass is 9.94. The van der Waals surface area contributed by atoms with Crippen LogP contribution in [-0.4, -0.2) is 101 Å². The Morgan fingerprint density at radius 1 is 0.778 bits per heavy atom. The van der Waals surface area contributed by atoms with E-state index in [0.717, 1.165) is 70.5 Å². The van der Waals surface area contributed by atoms with Crippen LogP contribution in [0, 0.1) is 5.92 Å². The summed E-state index contributed by atoms with van der Waals surface area (Å²) in [7, 11) is 0. The van der Waals surface area contributed by atoms with Crippen molar-refractivity contribution in [3.05, 3.63) is 48.3 Å². The minimum Gasteiger partial charge on any atom is -0.494 e. The van der Waals surface area contributed by atoms with Crippen LogP contribution in [0.25, 0.3) is 0 Å². The SMILES string of the molecule is CC1C=C(OCCCOc2ccc(N(CC3CO3)CC3CO3)cc2)C=CC1N(CC1CO1)CC1CO1. The number of nitrogens with zero attached hydrogens (tertiary/aromatic N) is 2. The summed E-state index contributed by atoms with van der Waals surface area (Å²) in [5, 5.41) is 0. The first-order valence-electron chi connectivity index (χ1n) is 13.4. The summed E-state index contributed by atoms with van der Waals surface area (Å²) < 4.78 is 33.8. The second kappa shape index (κ2) is 11.1. The molecule has 1 aromatic rings. The molecule has 4 heterocycles. The van der Waals surface area contributed by atoms with Crippen LogP contribution < -0.4 is 9.64 Å². The van der Waals surface area contributed by atoms with Gasteiger partial charge in [-0.1, -0.05) is 13.0 Å². The van der Waals surface area contributed by atoms with Crippen LogP contribution in [0.15, 0.2) is 48.3 Å². The summed E-state index contributed by atoms with van der Waals surface area (Å²) in [4.78, 5) is 4.85. The van der Waals surface area contributed by atoms with Gasteiger partial charge < -0.3 is 33.3 Å². The van der Waals surface area contributed by atoms with Crippen molar-refractivity contribution in [1.82, 2.24) is 4.90 Å². The zero-order chi connectivity index (χ0) is 24.3. The molecule has 8 heteroatoms. The molecule has 1 aromatic carbocycles. The van der Waals surface area contributed by atoms with Crippen molar-refractivity contribution in [2.45, 2.75) is 43.8 Å². The molecule has 36 heavy (non-hydrogen) atoms. The van der Waals surface area contributed by atoms with E-state index in [-0.39, 0.29) is 0 Å². The minimum absolute atomic E-state index is 0.358. The Labute approximate surface area is 213 Å². The zero-order valence-corrected chi connectivity index (χ0v) is 21.1. The lowest BCUT2D eigenvalue weighted by Crippen LogP contribution is -2.43. The monoisotopic (exact) mass is 498 g/mol. The van der Waals surface area contributed by atoms with Gasteiger partial charge in [0.05, 0.1) is 64.1 Å². The Morgan fingerprint density at radius 3 is 1.89 bits per heavy atom. The molecule has 6 atom stereocenters. The molecule has 8 nitrogen and oxygen atoms in total. The Balaban J connectivity index is 0.909. The van der Waals surface area contributed by atoms with Crippen LogP contribution in [0.4, 0.5) is 5.69 Å². The molecule has 196 valence electrons. The van der Waals surface area contributed by atoms with E-state index in [0.29, 0.717) is 49.6 Å². The first kappa shape index (κ1) is 24.2. The Hall–Kier alpha value is -2.10. The van der Waals surface area contributed by atoms with E-state index in [9.17, 15) is 0 Å². The molecule has 6 unspecified atom stereocenters. The molecule has 0 aromatic heterocycles. The van der Waals surface area contributed by atoms with E-state index in [4.69, 9.17) is 28.4 Å². The van der Waals surface area contributed by atoms with Gasteiger partial charge in [0.15, 0.2) is 0 Å². The lowest BCUT2D eigenvalue weighted by molar-refractivity contribution is 0.155. The van der Waals surface area contributed by atoms with Gasteiger partial charge in [-0.2, -0.15) is 0 Å². The minimum atomic E-state index is 0.358.